The normalized spacial score (nSPS) is 29.2. The molecule has 0 saturated carbocycles. The topological polar surface area (TPSA) is 49.7 Å². The molecule has 4 rings (SSSR count). The van der Waals surface area contributed by atoms with Crippen LogP contribution >= 0.6 is 0 Å². The largest absolute Gasteiger partial charge is 0.496 e. The van der Waals surface area contributed by atoms with Gasteiger partial charge in [-0.15, -0.1) is 0 Å². The van der Waals surface area contributed by atoms with Crippen molar-refractivity contribution < 1.29 is 14.9 Å². The molecule has 0 bridgehead atoms. The van der Waals surface area contributed by atoms with Gasteiger partial charge in [0.15, 0.2) is 0 Å². The first-order chi connectivity index (χ1) is 10.7. The highest BCUT2D eigenvalue weighted by Crippen LogP contribution is 2.54. The second-order valence-corrected chi connectivity index (χ2v) is 6.33. The lowest BCUT2D eigenvalue weighted by Crippen LogP contribution is -2.31. The summed E-state index contributed by atoms with van der Waals surface area (Å²) in [5.74, 6) is 1.26. The number of aliphatic hydroxyl groups excluding tert-OH is 2. The number of methoxy groups -OCH3 is 1. The molecule has 2 N–H and O–H groups in total. The standard InChI is InChI=1S/C19H20O3/c1-22-17-8-4-7-14-16(21)10-11-9-15(20)12-5-2-3-6-13(12)18(11)19(14)17/h2-8,11,15-16,18,20-21H,9-10H2,1H3. The van der Waals surface area contributed by atoms with E-state index in [0.717, 1.165) is 22.4 Å². The summed E-state index contributed by atoms with van der Waals surface area (Å²) in [4.78, 5) is 0. The van der Waals surface area contributed by atoms with Crippen molar-refractivity contribution >= 4 is 0 Å². The van der Waals surface area contributed by atoms with Crippen molar-refractivity contribution in [3.8, 4) is 5.75 Å². The number of benzene rings is 2. The molecule has 3 heteroatoms. The fraction of sp³-hybridized carbons (Fsp3) is 0.368. The van der Waals surface area contributed by atoms with Gasteiger partial charge in [0.1, 0.15) is 5.75 Å². The Kier molecular flexibility index (Phi) is 3.21. The Morgan fingerprint density at radius 3 is 2.23 bits per heavy atom. The Morgan fingerprint density at radius 1 is 0.864 bits per heavy atom. The molecule has 2 aliphatic carbocycles. The van der Waals surface area contributed by atoms with Gasteiger partial charge in [-0.1, -0.05) is 36.4 Å². The minimum atomic E-state index is -0.483. The van der Waals surface area contributed by atoms with Crippen LogP contribution in [-0.4, -0.2) is 17.3 Å². The maximum atomic E-state index is 10.5. The predicted octanol–water partition coefficient (Wildman–Crippen LogP) is 3.32. The number of ether oxygens (including phenoxy) is 1. The first-order valence-corrected chi connectivity index (χ1v) is 7.82. The van der Waals surface area contributed by atoms with Crippen LogP contribution in [0.1, 0.15) is 53.2 Å². The molecule has 0 spiro atoms. The molecular formula is C19H20O3. The summed E-state index contributed by atoms with van der Waals surface area (Å²) in [5, 5.41) is 21.0. The van der Waals surface area contributed by atoms with Crippen LogP contribution < -0.4 is 4.74 Å². The second kappa shape index (κ2) is 5.11. The molecular weight excluding hydrogens is 276 g/mol. The third-order valence-corrected chi connectivity index (χ3v) is 5.20. The maximum absolute atomic E-state index is 10.5. The second-order valence-electron chi connectivity index (χ2n) is 6.33. The summed E-state index contributed by atoms with van der Waals surface area (Å²) in [5.41, 5.74) is 4.24. The van der Waals surface area contributed by atoms with Gasteiger partial charge in [0.25, 0.3) is 0 Å². The summed E-state index contributed by atoms with van der Waals surface area (Å²) < 4.78 is 5.58. The predicted molar refractivity (Wildman–Crippen MR) is 83.9 cm³/mol. The highest BCUT2D eigenvalue weighted by Gasteiger charge is 2.42. The fourth-order valence-corrected chi connectivity index (χ4v) is 4.30. The molecule has 0 saturated heterocycles. The molecule has 0 aliphatic heterocycles. The Balaban J connectivity index is 1.97. The van der Waals surface area contributed by atoms with Crippen LogP contribution in [0.25, 0.3) is 0 Å². The molecule has 2 aromatic carbocycles. The maximum Gasteiger partial charge on any atom is 0.123 e. The first-order valence-electron chi connectivity index (χ1n) is 7.82. The molecule has 0 heterocycles. The molecule has 114 valence electrons. The van der Waals surface area contributed by atoms with Gasteiger partial charge in [0.05, 0.1) is 19.3 Å². The zero-order valence-corrected chi connectivity index (χ0v) is 12.6. The summed E-state index contributed by atoms with van der Waals surface area (Å²) in [6.45, 7) is 0. The Bertz CT molecular complexity index is 710. The van der Waals surface area contributed by atoms with E-state index in [1.54, 1.807) is 7.11 Å². The van der Waals surface area contributed by atoms with Crippen LogP contribution in [0, 0.1) is 5.92 Å². The van der Waals surface area contributed by atoms with E-state index in [9.17, 15) is 10.2 Å². The molecule has 0 aromatic heterocycles. The zero-order chi connectivity index (χ0) is 15.3. The van der Waals surface area contributed by atoms with Gasteiger partial charge >= 0.3 is 0 Å². The highest BCUT2D eigenvalue weighted by atomic mass is 16.5. The highest BCUT2D eigenvalue weighted by molar-refractivity contribution is 5.53. The molecule has 0 amide bonds. The average Bonchev–Trinajstić information content (AvgIpc) is 2.54. The third kappa shape index (κ3) is 1.89. The SMILES string of the molecule is COc1cccc2c1C1c3ccccc3C(O)CC1CC2O. The summed E-state index contributed by atoms with van der Waals surface area (Å²) in [6, 6.07) is 14.0. The Labute approximate surface area is 130 Å². The molecule has 0 fully saturated rings. The summed E-state index contributed by atoms with van der Waals surface area (Å²) in [7, 11) is 1.68. The molecule has 4 atom stereocenters. The molecule has 3 nitrogen and oxygen atoms in total. The van der Waals surface area contributed by atoms with Crippen LogP contribution in [0.4, 0.5) is 0 Å². The van der Waals surface area contributed by atoms with Crippen molar-refractivity contribution in [3.63, 3.8) is 0 Å². The van der Waals surface area contributed by atoms with Gasteiger partial charge in [-0.2, -0.15) is 0 Å². The summed E-state index contributed by atoms with van der Waals surface area (Å²) >= 11 is 0. The van der Waals surface area contributed by atoms with Gasteiger partial charge in [-0.05, 0) is 41.5 Å². The van der Waals surface area contributed by atoms with Crippen molar-refractivity contribution in [1.29, 1.82) is 0 Å². The number of rotatable bonds is 1. The van der Waals surface area contributed by atoms with E-state index in [1.165, 1.54) is 5.56 Å². The fourth-order valence-electron chi connectivity index (χ4n) is 4.30. The van der Waals surface area contributed by atoms with Crippen molar-refractivity contribution in [2.24, 2.45) is 5.92 Å². The van der Waals surface area contributed by atoms with Crippen LogP contribution in [0.15, 0.2) is 42.5 Å². The molecule has 2 aromatic rings. The van der Waals surface area contributed by atoms with Crippen LogP contribution in [0.5, 0.6) is 5.75 Å². The average molecular weight is 296 g/mol. The monoisotopic (exact) mass is 296 g/mol. The summed E-state index contributed by atoms with van der Waals surface area (Å²) in [6.07, 6.45) is 0.455. The third-order valence-electron chi connectivity index (χ3n) is 5.20. The zero-order valence-electron chi connectivity index (χ0n) is 12.6. The van der Waals surface area contributed by atoms with Gasteiger partial charge in [0.2, 0.25) is 0 Å². The van der Waals surface area contributed by atoms with Gasteiger partial charge < -0.3 is 14.9 Å². The van der Waals surface area contributed by atoms with E-state index in [2.05, 4.69) is 6.07 Å². The lowest BCUT2D eigenvalue weighted by molar-refractivity contribution is 0.0745. The van der Waals surface area contributed by atoms with E-state index in [4.69, 9.17) is 4.74 Å². The van der Waals surface area contributed by atoms with Gasteiger partial charge in [-0.3, -0.25) is 0 Å². The number of fused-ring (bicyclic) bond motifs is 5. The molecule has 0 radical (unpaired) electrons. The van der Waals surface area contributed by atoms with Gasteiger partial charge in [-0.25, -0.2) is 0 Å². The van der Waals surface area contributed by atoms with Crippen molar-refractivity contribution in [1.82, 2.24) is 0 Å². The quantitative estimate of drug-likeness (QED) is 0.849. The van der Waals surface area contributed by atoms with Crippen LogP contribution in [0.3, 0.4) is 0 Å². The lowest BCUT2D eigenvalue weighted by Gasteiger charge is -2.42. The molecule has 4 unspecified atom stereocenters. The number of hydrogen-bond donors (Lipinski definition) is 2. The molecule has 2 aliphatic rings. The number of hydrogen-bond acceptors (Lipinski definition) is 3. The lowest BCUT2D eigenvalue weighted by atomic mass is 9.64. The van der Waals surface area contributed by atoms with E-state index in [-0.39, 0.29) is 11.8 Å². The van der Waals surface area contributed by atoms with E-state index in [0.29, 0.717) is 12.8 Å². The van der Waals surface area contributed by atoms with E-state index in [1.807, 2.05) is 36.4 Å². The molecule has 22 heavy (non-hydrogen) atoms. The van der Waals surface area contributed by atoms with Crippen LogP contribution in [-0.2, 0) is 0 Å². The minimum absolute atomic E-state index is 0.189. The first kappa shape index (κ1) is 13.8. The Morgan fingerprint density at radius 2 is 1.50 bits per heavy atom. The smallest absolute Gasteiger partial charge is 0.123 e. The van der Waals surface area contributed by atoms with E-state index < -0.39 is 12.2 Å². The Hall–Kier alpha value is -1.84. The van der Waals surface area contributed by atoms with E-state index >= 15 is 0 Å². The van der Waals surface area contributed by atoms with Gasteiger partial charge in [0, 0.05) is 11.5 Å². The van der Waals surface area contributed by atoms with Crippen molar-refractivity contribution in [2.75, 3.05) is 7.11 Å². The number of aliphatic hydroxyl groups is 2. The van der Waals surface area contributed by atoms with Crippen molar-refractivity contribution in [2.45, 2.75) is 31.0 Å². The van der Waals surface area contributed by atoms with Crippen LogP contribution in [0.2, 0.25) is 0 Å². The minimum Gasteiger partial charge on any atom is -0.496 e. The van der Waals surface area contributed by atoms with Crippen molar-refractivity contribution in [3.05, 3.63) is 64.7 Å².